The van der Waals surface area contributed by atoms with Gasteiger partial charge < -0.3 is 10.3 Å². The molecular weight excluding hydrogens is 365 g/mol. The van der Waals surface area contributed by atoms with Crippen LogP contribution in [0.4, 0.5) is 13.2 Å². The second-order valence-corrected chi connectivity index (χ2v) is 6.57. The molecule has 1 atom stereocenters. The van der Waals surface area contributed by atoms with Crippen molar-refractivity contribution < 1.29 is 13.2 Å². The van der Waals surface area contributed by atoms with Crippen LogP contribution in [0.3, 0.4) is 0 Å². The maximum Gasteiger partial charge on any atom is 0.451 e. The van der Waals surface area contributed by atoms with Crippen molar-refractivity contribution in [3.8, 4) is 0 Å². The van der Waals surface area contributed by atoms with E-state index in [1.807, 2.05) is 32.2 Å². The van der Waals surface area contributed by atoms with Crippen molar-refractivity contribution in [2.24, 2.45) is 0 Å². The zero-order chi connectivity index (χ0) is 18.9. The zero-order valence-corrected chi connectivity index (χ0v) is 15.0. The van der Waals surface area contributed by atoms with Crippen molar-refractivity contribution in [2.75, 3.05) is 7.05 Å². The first kappa shape index (κ1) is 18.7. The van der Waals surface area contributed by atoms with E-state index in [4.69, 9.17) is 11.6 Å². The molecule has 0 aliphatic heterocycles. The average molecular weight is 383 g/mol. The highest BCUT2D eigenvalue weighted by Crippen LogP contribution is 2.31. The Bertz CT molecular complexity index is 903. The fourth-order valence-electron chi connectivity index (χ4n) is 2.98. The predicted octanol–water partition coefficient (Wildman–Crippen LogP) is 4.70. The largest absolute Gasteiger partial charge is 0.451 e. The third-order valence-electron chi connectivity index (χ3n) is 4.37. The van der Waals surface area contributed by atoms with Crippen LogP contribution in [-0.4, -0.2) is 22.0 Å². The number of aromatic amines is 1. The van der Waals surface area contributed by atoms with Gasteiger partial charge in [0.2, 0.25) is 5.82 Å². The quantitative estimate of drug-likeness (QED) is 0.672. The number of rotatable bonds is 5. The van der Waals surface area contributed by atoms with Gasteiger partial charge in [0.1, 0.15) is 0 Å². The summed E-state index contributed by atoms with van der Waals surface area (Å²) in [6.07, 6.45) is -0.901. The van der Waals surface area contributed by atoms with Crippen molar-refractivity contribution in [2.45, 2.75) is 32.0 Å². The molecule has 0 fully saturated rings. The van der Waals surface area contributed by atoms with E-state index in [0.717, 1.165) is 22.2 Å². The predicted molar refractivity (Wildman–Crippen MR) is 95.2 cm³/mol. The van der Waals surface area contributed by atoms with Crippen LogP contribution in [0, 0.1) is 0 Å². The van der Waals surface area contributed by atoms with Crippen LogP contribution in [0.25, 0.3) is 10.9 Å². The third kappa shape index (κ3) is 3.83. The molecule has 138 valence electrons. The number of aromatic nitrogens is 3. The Kier molecular flexibility index (Phi) is 5.20. The maximum absolute atomic E-state index is 12.6. The lowest BCUT2D eigenvalue weighted by molar-refractivity contribution is -0.145. The zero-order valence-electron chi connectivity index (χ0n) is 14.3. The molecule has 2 aromatic heterocycles. The monoisotopic (exact) mass is 382 g/mol. The van der Waals surface area contributed by atoms with E-state index in [0.29, 0.717) is 23.4 Å². The van der Waals surface area contributed by atoms with Gasteiger partial charge in [-0.3, -0.25) is 0 Å². The normalized spacial score (nSPS) is 13.3. The SMILES string of the molecule is CNC(C)c1c(CCc2cnc(C(F)(F)F)nc2)[nH]c2ccc(Cl)cc12. The summed E-state index contributed by atoms with van der Waals surface area (Å²) in [4.78, 5) is 10.2. The highest BCUT2D eigenvalue weighted by atomic mass is 35.5. The highest BCUT2D eigenvalue weighted by molar-refractivity contribution is 6.31. The molecule has 2 N–H and O–H groups in total. The van der Waals surface area contributed by atoms with Crippen molar-refractivity contribution >= 4 is 22.5 Å². The molecule has 0 bridgehead atoms. The number of alkyl halides is 3. The van der Waals surface area contributed by atoms with Crippen LogP contribution in [0.2, 0.25) is 5.02 Å². The summed E-state index contributed by atoms with van der Waals surface area (Å²) in [5.41, 5.74) is 3.75. The van der Waals surface area contributed by atoms with E-state index < -0.39 is 12.0 Å². The Morgan fingerprint density at radius 3 is 2.50 bits per heavy atom. The topological polar surface area (TPSA) is 53.6 Å². The van der Waals surface area contributed by atoms with Crippen LogP contribution in [0.1, 0.15) is 35.6 Å². The first-order chi connectivity index (χ1) is 12.3. The molecule has 0 aliphatic carbocycles. The van der Waals surface area contributed by atoms with E-state index >= 15 is 0 Å². The summed E-state index contributed by atoms with van der Waals surface area (Å²) >= 11 is 6.13. The fourth-order valence-corrected chi connectivity index (χ4v) is 3.15. The van der Waals surface area contributed by atoms with Crippen molar-refractivity contribution in [3.05, 3.63) is 58.3 Å². The van der Waals surface area contributed by atoms with E-state index in [9.17, 15) is 13.2 Å². The molecular formula is C18H18ClF3N4. The Labute approximate surface area is 153 Å². The van der Waals surface area contributed by atoms with Crippen LogP contribution in [-0.2, 0) is 19.0 Å². The Morgan fingerprint density at radius 1 is 1.19 bits per heavy atom. The average Bonchev–Trinajstić information content (AvgIpc) is 2.96. The summed E-state index contributed by atoms with van der Waals surface area (Å²) in [6, 6.07) is 5.76. The van der Waals surface area contributed by atoms with Crippen LogP contribution in [0.5, 0.6) is 0 Å². The van der Waals surface area contributed by atoms with Crippen LogP contribution in [0.15, 0.2) is 30.6 Å². The van der Waals surface area contributed by atoms with Gasteiger partial charge in [-0.15, -0.1) is 0 Å². The minimum absolute atomic E-state index is 0.0982. The molecule has 4 nitrogen and oxygen atoms in total. The van der Waals surface area contributed by atoms with Gasteiger partial charge in [-0.25, -0.2) is 9.97 Å². The number of nitrogens with zero attached hydrogens (tertiary/aromatic N) is 2. The minimum atomic E-state index is -4.52. The number of aryl methyl sites for hydroxylation is 2. The minimum Gasteiger partial charge on any atom is -0.358 e. The lowest BCUT2D eigenvalue weighted by Gasteiger charge is -2.13. The van der Waals surface area contributed by atoms with E-state index in [1.165, 1.54) is 12.4 Å². The van der Waals surface area contributed by atoms with Gasteiger partial charge in [-0.1, -0.05) is 11.6 Å². The number of H-pyrrole nitrogens is 1. The summed E-state index contributed by atoms with van der Waals surface area (Å²) < 4.78 is 37.7. The first-order valence-electron chi connectivity index (χ1n) is 8.15. The van der Waals surface area contributed by atoms with Gasteiger partial charge in [0.05, 0.1) is 0 Å². The van der Waals surface area contributed by atoms with Crippen molar-refractivity contribution in [1.29, 1.82) is 0 Å². The second-order valence-electron chi connectivity index (χ2n) is 6.13. The van der Waals surface area contributed by atoms with E-state index in [1.54, 1.807) is 0 Å². The molecule has 0 amide bonds. The molecule has 3 rings (SSSR count). The third-order valence-corrected chi connectivity index (χ3v) is 4.61. The first-order valence-corrected chi connectivity index (χ1v) is 8.52. The van der Waals surface area contributed by atoms with Gasteiger partial charge in [-0.2, -0.15) is 13.2 Å². The number of hydrogen-bond donors (Lipinski definition) is 2. The molecule has 1 unspecified atom stereocenters. The van der Waals surface area contributed by atoms with Gasteiger partial charge in [0.15, 0.2) is 0 Å². The van der Waals surface area contributed by atoms with Gasteiger partial charge in [0.25, 0.3) is 0 Å². The molecule has 0 aliphatic rings. The number of hydrogen-bond acceptors (Lipinski definition) is 3. The molecule has 0 saturated heterocycles. The Morgan fingerprint density at radius 2 is 1.88 bits per heavy atom. The van der Waals surface area contributed by atoms with Crippen molar-refractivity contribution in [1.82, 2.24) is 20.3 Å². The molecule has 3 aromatic rings. The van der Waals surface area contributed by atoms with Gasteiger partial charge >= 0.3 is 6.18 Å². The Balaban J connectivity index is 1.86. The molecule has 0 saturated carbocycles. The maximum atomic E-state index is 12.6. The van der Waals surface area contributed by atoms with Crippen molar-refractivity contribution in [3.63, 3.8) is 0 Å². The fraction of sp³-hybridized carbons (Fsp3) is 0.333. The number of nitrogens with one attached hydrogen (secondary N) is 2. The van der Waals surface area contributed by atoms with Gasteiger partial charge in [0, 0.05) is 40.1 Å². The van der Waals surface area contributed by atoms with Crippen LogP contribution >= 0.6 is 11.6 Å². The van der Waals surface area contributed by atoms with E-state index in [2.05, 4.69) is 20.3 Å². The summed E-state index contributed by atoms with van der Waals surface area (Å²) in [5.74, 6) is -1.12. The number of benzene rings is 1. The highest BCUT2D eigenvalue weighted by Gasteiger charge is 2.34. The second kappa shape index (κ2) is 7.25. The summed E-state index contributed by atoms with van der Waals surface area (Å²) in [6.45, 7) is 2.05. The molecule has 8 heteroatoms. The standard InChI is InChI=1S/C18H18ClF3N4/c1-10(23-2)16-13-7-12(19)4-6-14(13)26-15(16)5-3-11-8-24-17(25-9-11)18(20,21)22/h4,6-10,23,26H,3,5H2,1-2H3. The number of halogens is 4. The summed E-state index contributed by atoms with van der Waals surface area (Å²) in [7, 11) is 1.88. The lowest BCUT2D eigenvalue weighted by Crippen LogP contribution is -2.14. The molecule has 1 aromatic carbocycles. The lowest BCUT2D eigenvalue weighted by atomic mass is 10.0. The smallest absolute Gasteiger partial charge is 0.358 e. The summed E-state index contributed by atoms with van der Waals surface area (Å²) in [5, 5.41) is 4.92. The van der Waals surface area contributed by atoms with Crippen LogP contribution < -0.4 is 5.32 Å². The van der Waals surface area contributed by atoms with Gasteiger partial charge in [-0.05, 0) is 56.1 Å². The molecule has 0 spiro atoms. The molecule has 26 heavy (non-hydrogen) atoms. The Hall–Kier alpha value is -2.12. The van der Waals surface area contributed by atoms with E-state index in [-0.39, 0.29) is 6.04 Å². The molecule has 2 heterocycles. The number of fused-ring (bicyclic) bond motifs is 1. The molecule has 0 radical (unpaired) electrons.